The van der Waals surface area contributed by atoms with E-state index in [9.17, 15) is 14.4 Å². The van der Waals surface area contributed by atoms with E-state index >= 15 is 0 Å². The molecule has 0 spiro atoms. The molecule has 2 rings (SSSR count). The molecule has 8 nitrogen and oxygen atoms in total. The third-order valence-electron chi connectivity index (χ3n) is 2.78. The molecule has 24 heavy (non-hydrogen) atoms. The number of thiazole rings is 1. The number of benzene rings is 1. The Bertz CT molecular complexity index is 691. The van der Waals surface area contributed by atoms with E-state index in [0.717, 1.165) is 0 Å². The van der Waals surface area contributed by atoms with Gasteiger partial charge in [-0.25, -0.2) is 9.78 Å². The van der Waals surface area contributed by atoms with Crippen LogP contribution in [0, 0.1) is 0 Å². The predicted molar refractivity (Wildman–Crippen MR) is 89.8 cm³/mol. The van der Waals surface area contributed by atoms with Crippen molar-refractivity contribution in [3.8, 4) is 0 Å². The van der Waals surface area contributed by atoms with Crippen molar-refractivity contribution in [1.82, 2.24) is 10.3 Å². The third kappa shape index (κ3) is 5.69. The average Bonchev–Trinajstić information content (AvgIpc) is 3.06. The largest absolute Gasteiger partial charge is 0.436 e. The van der Waals surface area contributed by atoms with Crippen molar-refractivity contribution in [2.24, 2.45) is 0 Å². The quantitative estimate of drug-likeness (QED) is 0.738. The number of para-hydroxylation sites is 1. The molecule has 3 N–H and O–H groups in total. The fraction of sp³-hybridized carbons (Fsp3) is 0.200. The van der Waals surface area contributed by atoms with E-state index in [4.69, 9.17) is 4.74 Å². The van der Waals surface area contributed by atoms with E-state index in [1.807, 2.05) is 6.07 Å². The van der Waals surface area contributed by atoms with Crippen molar-refractivity contribution in [2.45, 2.75) is 13.0 Å². The van der Waals surface area contributed by atoms with Crippen LogP contribution < -0.4 is 16.0 Å². The number of ether oxygens (including phenoxy) is 1. The van der Waals surface area contributed by atoms with Gasteiger partial charge in [0.15, 0.2) is 11.2 Å². The van der Waals surface area contributed by atoms with Crippen LogP contribution in [0.25, 0.3) is 0 Å². The Morgan fingerprint density at radius 3 is 2.62 bits per heavy atom. The number of nitrogens with one attached hydrogen (secondary N) is 3. The van der Waals surface area contributed by atoms with Gasteiger partial charge in [-0.3, -0.25) is 14.9 Å². The maximum atomic E-state index is 11.8. The number of anilines is 2. The van der Waals surface area contributed by atoms with E-state index < -0.39 is 24.0 Å². The van der Waals surface area contributed by atoms with Crippen LogP contribution >= 0.6 is 11.3 Å². The number of hydrogen-bond acceptors (Lipinski definition) is 6. The second kappa shape index (κ2) is 8.63. The van der Waals surface area contributed by atoms with Gasteiger partial charge < -0.3 is 15.4 Å². The Balaban J connectivity index is 1.71. The van der Waals surface area contributed by atoms with Crippen LogP contribution in [0.2, 0.25) is 0 Å². The van der Waals surface area contributed by atoms with E-state index in [1.165, 1.54) is 18.3 Å². The van der Waals surface area contributed by atoms with Gasteiger partial charge in [0.2, 0.25) is 5.91 Å². The Hall–Kier alpha value is -2.94. The van der Waals surface area contributed by atoms with Crippen molar-refractivity contribution in [2.75, 3.05) is 17.2 Å². The molecule has 0 bridgehead atoms. The highest BCUT2D eigenvalue weighted by Crippen LogP contribution is 2.09. The Kier molecular flexibility index (Phi) is 6.26. The zero-order valence-corrected chi connectivity index (χ0v) is 13.6. The number of rotatable bonds is 6. The first-order chi connectivity index (χ1) is 11.5. The highest BCUT2D eigenvalue weighted by Gasteiger charge is 2.18. The maximum absolute atomic E-state index is 11.8. The molecule has 1 heterocycles. The average molecular weight is 348 g/mol. The summed E-state index contributed by atoms with van der Waals surface area (Å²) in [5, 5.41) is 9.57. The lowest BCUT2D eigenvalue weighted by Crippen LogP contribution is -2.40. The molecule has 0 aliphatic carbocycles. The third-order valence-corrected chi connectivity index (χ3v) is 3.46. The van der Waals surface area contributed by atoms with E-state index in [1.54, 1.807) is 35.8 Å². The van der Waals surface area contributed by atoms with Crippen molar-refractivity contribution >= 4 is 40.1 Å². The molecule has 1 atom stereocenters. The number of aromatic nitrogens is 1. The highest BCUT2D eigenvalue weighted by molar-refractivity contribution is 7.13. The Morgan fingerprint density at radius 2 is 1.96 bits per heavy atom. The number of carbonyl (C=O) groups excluding carboxylic acids is 3. The first-order valence-corrected chi connectivity index (χ1v) is 7.92. The van der Waals surface area contributed by atoms with Gasteiger partial charge in [-0.05, 0) is 19.1 Å². The van der Waals surface area contributed by atoms with Crippen molar-refractivity contribution in [1.29, 1.82) is 0 Å². The maximum Gasteiger partial charge on any atom is 0.412 e. The van der Waals surface area contributed by atoms with Crippen LogP contribution in [0.5, 0.6) is 0 Å². The molecule has 9 heteroatoms. The summed E-state index contributed by atoms with van der Waals surface area (Å²) in [5.41, 5.74) is 0.554. The number of hydrogen-bond donors (Lipinski definition) is 3. The summed E-state index contributed by atoms with van der Waals surface area (Å²) in [6.45, 7) is 1.17. The van der Waals surface area contributed by atoms with E-state index in [-0.39, 0.29) is 6.54 Å². The van der Waals surface area contributed by atoms with E-state index in [2.05, 4.69) is 20.9 Å². The second-order valence-electron chi connectivity index (χ2n) is 4.64. The fourth-order valence-corrected chi connectivity index (χ4v) is 2.19. The second-order valence-corrected chi connectivity index (χ2v) is 5.54. The Morgan fingerprint density at radius 1 is 1.21 bits per heavy atom. The zero-order valence-electron chi connectivity index (χ0n) is 12.8. The van der Waals surface area contributed by atoms with Gasteiger partial charge in [0, 0.05) is 17.3 Å². The minimum atomic E-state index is -1.04. The lowest BCUT2D eigenvalue weighted by molar-refractivity contribution is -0.130. The van der Waals surface area contributed by atoms with Crippen LogP contribution in [-0.4, -0.2) is 35.5 Å². The fourth-order valence-electron chi connectivity index (χ4n) is 1.64. The minimum Gasteiger partial charge on any atom is -0.436 e. The van der Waals surface area contributed by atoms with Gasteiger partial charge in [0.05, 0.1) is 6.54 Å². The van der Waals surface area contributed by atoms with Gasteiger partial charge in [-0.15, -0.1) is 11.3 Å². The molecule has 3 amide bonds. The van der Waals surface area contributed by atoms with Crippen molar-refractivity contribution < 1.29 is 19.1 Å². The summed E-state index contributed by atoms with van der Waals surface area (Å²) in [4.78, 5) is 39.0. The van der Waals surface area contributed by atoms with Crippen LogP contribution in [0.4, 0.5) is 15.6 Å². The van der Waals surface area contributed by atoms with Crippen molar-refractivity contribution in [3.63, 3.8) is 0 Å². The highest BCUT2D eigenvalue weighted by atomic mass is 32.1. The summed E-state index contributed by atoms with van der Waals surface area (Å²) < 4.78 is 4.95. The van der Waals surface area contributed by atoms with E-state index in [0.29, 0.717) is 10.8 Å². The molecule has 0 radical (unpaired) electrons. The molecule has 1 unspecified atom stereocenters. The molecule has 0 aliphatic heterocycles. The summed E-state index contributed by atoms with van der Waals surface area (Å²) in [6, 6.07) is 8.70. The summed E-state index contributed by atoms with van der Waals surface area (Å²) in [6.07, 6.45) is -0.238. The molecule has 126 valence electrons. The summed E-state index contributed by atoms with van der Waals surface area (Å²) in [7, 11) is 0. The summed E-state index contributed by atoms with van der Waals surface area (Å²) in [5.74, 6) is -0.994. The molecule has 0 saturated carbocycles. The van der Waals surface area contributed by atoms with Gasteiger partial charge in [-0.1, -0.05) is 18.2 Å². The first-order valence-electron chi connectivity index (χ1n) is 7.04. The summed E-state index contributed by atoms with van der Waals surface area (Å²) >= 11 is 1.27. The minimum absolute atomic E-state index is 0.244. The Labute approximate surface area is 142 Å². The molecule has 1 aromatic carbocycles. The normalized spacial score (nSPS) is 11.2. The van der Waals surface area contributed by atoms with Gasteiger partial charge in [-0.2, -0.15) is 0 Å². The molecule has 1 aromatic heterocycles. The first kappa shape index (κ1) is 17.4. The lowest BCUT2D eigenvalue weighted by atomic mass is 10.3. The lowest BCUT2D eigenvalue weighted by Gasteiger charge is -2.13. The van der Waals surface area contributed by atoms with Gasteiger partial charge in [0.25, 0.3) is 5.91 Å². The SMILES string of the molecule is CC(OC(=O)Nc1ccccc1)C(=O)NCC(=O)Nc1nccs1. The molecule has 0 fully saturated rings. The molecule has 0 aliphatic rings. The topological polar surface area (TPSA) is 109 Å². The predicted octanol–water partition coefficient (Wildman–Crippen LogP) is 1.83. The van der Waals surface area contributed by atoms with Gasteiger partial charge >= 0.3 is 6.09 Å². The number of carbonyl (C=O) groups is 3. The number of nitrogens with zero attached hydrogens (tertiary/aromatic N) is 1. The van der Waals surface area contributed by atoms with Gasteiger partial charge in [0.1, 0.15) is 0 Å². The number of amides is 3. The monoisotopic (exact) mass is 348 g/mol. The molecular weight excluding hydrogens is 332 g/mol. The van der Waals surface area contributed by atoms with Crippen LogP contribution in [0.15, 0.2) is 41.9 Å². The smallest absolute Gasteiger partial charge is 0.412 e. The molecular formula is C15H16N4O4S. The molecule has 2 aromatic rings. The standard InChI is InChI=1S/C15H16N4O4S/c1-10(23-15(22)18-11-5-3-2-4-6-11)13(21)17-9-12(20)19-14-16-7-8-24-14/h2-8,10H,9H2,1H3,(H,17,21)(H,18,22)(H,16,19,20). The zero-order chi connectivity index (χ0) is 17.4. The van der Waals surface area contributed by atoms with Crippen molar-refractivity contribution in [3.05, 3.63) is 41.9 Å². The van der Waals surface area contributed by atoms with Crippen LogP contribution in [-0.2, 0) is 14.3 Å². The van der Waals surface area contributed by atoms with Crippen LogP contribution in [0.1, 0.15) is 6.92 Å². The van der Waals surface area contributed by atoms with Crippen LogP contribution in [0.3, 0.4) is 0 Å². The molecule has 0 saturated heterocycles.